The molecular weight excluding hydrogens is 228 g/mol. The molecule has 7 nitrogen and oxygen atoms in total. The van der Waals surface area contributed by atoms with Gasteiger partial charge in [-0.15, -0.1) is 0 Å². The fourth-order valence-electron chi connectivity index (χ4n) is 1.60. The molecule has 0 aromatic heterocycles. The van der Waals surface area contributed by atoms with E-state index in [9.17, 15) is 14.4 Å². The van der Waals surface area contributed by atoms with Crippen molar-refractivity contribution in [3.8, 4) is 0 Å². The maximum Gasteiger partial charge on any atom is 0.303 e. The van der Waals surface area contributed by atoms with Crippen molar-refractivity contribution >= 4 is 17.8 Å². The summed E-state index contributed by atoms with van der Waals surface area (Å²) in [6.45, 7) is 0.522. The Morgan fingerprint density at radius 3 is 2.65 bits per heavy atom. The van der Waals surface area contributed by atoms with Gasteiger partial charge in [0, 0.05) is 13.0 Å². The van der Waals surface area contributed by atoms with Gasteiger partial charge in [-0.1, -0.05) is 0 Å². The van der Waals surface area contributed by atoms with Crippen molar-refractivity contribution in [1.82, 2.24) is 5.32 Å². The largest absolute Gasteiger partial charge is 0.481 e. The molecule has 0 bridgehead atoms. The minimum Gasteiger partial charge on any atom is -0.481 e. The van der Waals surface area contributed by atoms with Crippen LogP contribution in [0.1, 0.15) is 25.7 Å². The van der Waals surface area contributed by atoms with E-state index in [0.29, 0.717) is 13.0 Å². The topological polar surface area (TPSA) is 119 Å². The summed E-state index contributed by atoms with van der Waals surface area (Å²) in [5.41, 5.74) is 5.08. The van der Waals surface area contributed by atoms with E-state index < -0.39 is 29.9 Å². The highest BCUT2D eigenvalue weighted by atomic mass is 16.5. The molecule has 1 rings (SSSR count). The Kier molecular flexibility index (Phi) is 4.89. The lowest BCUT2D eigenvalue weighted by Crippen LogP contribution is -2.48. The van der Waals surface area contributed by atoms with Gasteiger partial charge in [0.05, 0.1) is 0 Å². The molecule has 1 aliphatic rings. The quantitative estimate of drug-likeness (QED) is 0.553. The summed E-state index contributed by atoms with van der Waals surface area (Å²) in [5, 5.41) is 10.9. The molecule has 0 spiro atoms. The van der Waals surface area contributed by atoms with Crippen LogP contribution in [-0.2, 0) is 19.1 Å². The molecule has 0 aliphatic carbocycles. The fraction of sp³-hybridized carbons (Fsp3) is 0.700. The van der Waals surface area contributed by atoms with E-state index in [1.807, 2.05) is 0 Å². The van der Waals surface area contributed by atoms with Crippen LogP contribution in [0.2, 0.25) is 0 Å². The lowest BCUT2D eigenvalue weighted by Gasteiger charge is -2.17. The number of ether oxygens (including phenoxy) is 1. The summed E-state index contributed by atoms with van der Waals surface area (Å²) in [5.74, 6) is -2.18. The third kappa shape index (κ3) is 4.39. The number of nitrogens with one attached hydrogen (secondary N) is 1. The number of rotatable bonds is 6. The molecule has 4 N–H and O–H groups in total. The molecule has 7 heteroatoms. The molecule has 1 saturated heterocycles. The molecule has 2 atom stereocenters. The van der Waals surface area contributed by atoms with E-state index >= 15 is 0 Å². The predicted molar refractivity (Wildman–Crippen MR) is 57.0 cm³/mol. The maximum atomic E-state index is 11.6. The van der Waals surface area contributed by atoms with E-state index in [4.69, 9.17) is 15.6 Å². The monoisotopic (exact) mass is 244 g/mol. The van der Waals surface area contributed by atoms with Crippen molar-refractivity contribution in [2.24, 2.45) is 5.73 Å². The van der Waals surface area contributed by atoms with Gasteiger partial charge in [0.1, 0.15) is 12.1 Å². The molecule has 0 radical (unpaired) electrons. The minimum absolute atomic E-state index is 0.0108. The second-order valence-electron chi connectivity index (χ2n) is 3.90. The first-order valence-corrected chi connectivity index (χ1v) is 5.44. The van der Waals surface area contributed by atoms with Crippen LogP contribution < -0.4 is 11.1 Å². The van der Waals surface area contributed by atoms with Gasteiger partial charge in [-0.3, -0.25) is 14.4 Å². The molecule has 1 aliphatic heterocycles. The minimum atomic E-state index is -1.04. The van der Waals surface area contributed by atoms with Crippen LogP contribution in [0.15, 0.2) is 0 Å². The van der Waals surface area contributed by atoms with Crippen LogP contribution in [-0.4, -0.2) is 41.6 Å². The van der Waals surface area contributed by atoms with Gasteiger partial charge in [-0.05, 0) is 19.3 Å². The number of hydrogen-bond donors (Lipinski definition) is 3. The number of nitrogens with two attached hydrogens (primary N) is 1. The summed E-state index contributed by atoms with van der Waals surface area (Å²) in [6, 6.07) is -0.956. The van der Waals surface area contributed by atoms with Gasteiger partial charge in [0.15, 0.2) is 0 Å². The standard InChI is InChI=1S/C10H16N2O5/c11-9(15)6(3-4-8(13)14)12-10(16)7-2-1-5-17-7/h6-7H,1-5H2,(H2,11,15)(H,12,16)(H,13,14)/t6-,7-/m0/s1. The van der Waals surface area contributed by atoms with E-state index in [1.54, 1.807) is 0 Å². The van der Waals surface area contributed by atoms with Crippen LogP contribution in [0.5, 0.6) is 0 Å². The molecule has 0 aromatic carbocycles. The number of carbonyl (C=O) groups is 3. The van der Waals surface area contributed by atoms with Gasteiger partial charge >= 0.3 is 5.97 Å². The lowest BCUT2D eigenvalue weighted by molar-refractivity contribution is -0.138. The third-order valence-electron chi connectivity index (χ3n) is 2.53. The Labute approximate surface area is 98.3 Å². The molecule has 1 fully saturated rings. The molecule has 0 aromatic rings. The van der Waals surface area contributed by atoms with E-state index in [0.717, 1.165) is 6.42 Å². The van der Waals surface area contributed by atoms with Crippen LogP contribution >= 0.6 is 0 Å². The zero-order chi connectivity index (χ0) is 12.8. The summed E-state index contributed by atoms with van der Waals surface area (Å²) in [4.78, 5) is 33.0. The first-order chi connectivity index (χ1) is 8.00. The summed E-state index contributed by atoms with van der Waals surface area (Å²) < 4.78 is 5.14. The molecule has 0 unspecified atom stereocenters. The molecule has 2 amide bonds. The number of carbonyl (C=O) groups excluding carboxylic acids is 2. The molecule has 0 saturated carbocycles. The van der Waals surface area contributed by atoms with Crippen molar-refractivity contribution in [3.05, 3.63) is 0 Å². The first-order valence-electron chi connectivity index (χ1n) is 5.44. The SMILES string of the molecule is NC(=O)[C@H](CCC(=O)O)NC(=O)[C@@H]1CCCO1. The van der Waals surface area contributed by atoms with Crippen molar-refractivity contribution in [1.29, 1.82) is 0 Å². The smallest absolute Gasteiger partial charge is 0.303 e. The van der Waals surface area contributed by atoms with Crippen molar-refractivity contribution in [2.45, 2.75) is 37.8 Å². The Morgan fingerprint density at radius 1 is 1.47 bits per heavy atom. The van der Waals surface area contributed by atoms with Gasteiger partial charge < -0.3 is 20.9 Å². The Hall–Kier alpha value is -1.63. The van der Waals surface area contributed by atoms with E-state index in [1.165, 1.54) is 0 Å². The zero-order valence-electron chi connectivity index (χ0n) is 9.35. The molecule has 96 valence electrons. The highest BCUT2D eigenvalue weighted by molar-refractivity contribution is 5.88. The second kappa shape index (κ2) is 6.19. The molecular formula is C10H16N2O5. The van der Waals surface area contributed by atoms with Crippen molar-refractivity contribution < 1.29 is 24.2 Å². The highest BCUT2D eigenvalue weighted by Gasteiger charge is 2.27. The lowest BCUT2D eigenvalue weighted by atomic mass is 10.1. The predicted octanol–water partition coefficient (Wildman–Crippen LogP) is -1.000. The summed E-state index contributed by atoms with van der Waals surface area (Å²) >= 11 is 0. The average Bonchev–Trinajstić information content (AvgIpc) is 2.76. The Bertz CT molecular complexity index is 312. The van der Waals surface area contributed by atoms with Crippen molar-refractivity contribution in [2.75, 3.05) is 6.61 Å². The normalized spacial score (nSPS) is 20.8. The van der Waals surface area contributed by atoms with E-state index in [2.05, 4.69) is 5.32 Å². The average molecular weight is 244 g/mol. The number of hydrogen-bond acceptors (Lipinski definition) is 4. The third-order valence-corrected chi connectivity index (χ3v) is 2.53. The van der Waals surface area contributed by atoms with Gasteiger partial charge in [0.25, 0.3) is 0 Å². The molecule has 1 heterocycles. The van der Waals surface area contributed by atoms with E-state index in [-0.39, 0.29) is 12.8 Å². The van der Waals surface area contributed by atoms with Crippen LogP contribution in [0.25, 0.3) is 0 Å². The Morgan fingerprint density at radius 2 is 2.18 bits per heavy atom. The number of carboxylic acids is 1. The highest BCUT2D eigenvalue weighted by Crippen LogP contribution is 2.12. The molecule has 17 heavy (non-hydrogen) atoms. The zero-order valence-corrected chi connectivity index (χ0v) is 9.35. The summed E-state index contributed by atoms with van der Waals surface area (Å²) in [7, 11) is 0. The number of aliphatic carboxylic acids is 1. The fourth-order valence-corrected chi connectivity index (χ4v) is 1.60. The number of primary amides is 1. The number of carboxylic acid groups (broad SMARTS) is 1. The first kappa shape index (κ1) is 13.4. The van der Waals surface area contributed by atoms with Crippen LogP contribution in [0.3, 0.4) is 0 Å². The second-order valence-corrected chi connectivity index (χ2v) is 3.90. The van der Waals surface area contributed by atoms with Gasteiger partial charge in [-0.2, -0.15) is 0 Å². The maximum absolute atomic E-state index is 11.6. The van der Waals surface area contributed by atoms with Gasteiger partial charge in [0.2, 0.25) is 11.8 Å². The van der Waals surface area contributed by atoms with Crippen molar-refractivity contribution in [3.63, 3.8) is 0 Å². The van der Waals surface area contributed by atoms with Crippen LogP contribution in [0.4, 0.5) is 0 Å². The Balaban J connectivity index is 2.44. The number of amides is 2. The summed E-state index contributed by atoms with van der Waals surface area (Å²) in [6.07, 6.45) is 0.620. The van der Waals surface area contributed by atoms with Crippen LogP contribution in [0, 0.1) is 0 Å². The van der Waals surface area contributed by atoms with Gasteiger partial charge in [-0.25, -0.2) is 0 Å².